The maximum Gasteiger partial charge on any atom is 0.344 e. The van der Waals surface area contributed by atoms with E-state index in [4.69, 9.17) is 4.74 Å². The van der Waals surface area contributed by atoms with E-state index in [0.717, 1.165) is 18.2 Å². The molecule has 3 rings (SSSR count). The zero-order valence-corrected chi connectivity index (χ0v) is 18.2. The molecule has 1 amide bonds. The highest BCUT2D eigenvalue weighted by Gasteiger charge is 2.31. The Morgan fingerprint density at radius 1 is 1.03 bits per heavy atom. The molecule has 0 bridgehead atoms. The number of nitrogens with zero attached hydrogens (tertiary/aromatic N) is 4. The van der Waals surface area contributed by atoms with Crippen LogP contribution in [0, 0.1) is 20.2 Å². The van der Waals surface area contributed by atoms with Gasteiger partial charge < -0.3 is 9.84 Å². The van der Waals surface area contributed by atoms with Gasteiger partial charge in [0, 0.05) is 23.3 Å². The van der Waals surface area contributed by atoms with Gasteiger partial charge in [-0.3, -0.25) is 25.0 Å². The Bertz CT molecular complexity index is 1290. The molecule has 12 nitrogen and oxygen atoms in total. The van der Waals surface area contributed by atoms with Crippen molar-refractivity contribution >= 4 is 34.8 Å². The van der Waals surface area contributed by atoms with Crippen LogP contribution in [-0.4, -0.2) is 44.5 Å². The number of nitro groups is 2. The molecule has 0 aromatic heterocycles. The van der Waals surface area contributed by atoms with Crippen LogP contribution in [0.4, 0.5) is 11.4 Å². The lowest BCUT2D eigenvalue weighted by Gasteiger charge is -2.12. The first kappa shape index (κ1) is 23.9. The third kappa shape index (κ3) is 4.85. The van der Waals surface area contributed by atoms with Gasteiger partial charge in [0.05, 0.1) is 33.3 Å². The van der Waals surface area contributed by atoms with Gasteiger partial charge in [-0.2, -0.15) is 4.99 Å². The van der Waals surface area contributed by atoms with Crippen LogP contribution in [0.5, 0.6) is 0 Å². The Morgan fingerprint density at radius 3 is 2.09 bits per heavy atom. The van der Waals surface area contributed by atoms with Gasteiger partial charge in [-0.1, -0.05) is 24.3 Å². The van der Waals surface area contributed by atoms with Crippen molar-refractivity contribution in [2.75, 3.05) is 0 Å². The molecule has 0 fully saturated rings. The summed E-state index contributed by atoms with van der Waals surface area (Å²) in [6, 6.07) is 8.93. The highest BCUT2D eigenvalue weighted by Crippen LogP contribution is 2.27. The summed E-state index contributed by atoms with van der Waals surface area (Å²) < 4.78 is 5.19. The maximum absolute atomic E-state index is 12.8. The number of amidine groups is 1. The number of benzene rings is 2. The summed E-state index contributed by atoms with van der Waals surface area (Å²) in [7, 11) is 0. The normalized spacial score (nSPS) is 14.4. The SMILES string of the molecule is C/C(O)=C(/C(=O)OC(C)C)C1=NC(=NC(=O)c2cc([N+](=O)[O-])cc([N+](=O)[O-])c2)c2ccccc21. The van der Waals surface area contributed by atoms with Crippen molar-refractivity contribution in [2.24, 2.45) is 9.98 Å². The summed E-state index contributed by atoms with van der Waals surface area (Å²) in [4.78, 5) is 54.0. The molecule has 174 valence electrons. The molecule has 0 radical (unpaired) electrons. The summed E-state index contributed by atoms with van der Waals surface area (Å²) in [5.74, 6) is -2.34. The number of amides is 1. The molecule has 12 heteroatoms. The third-order valence-electron chi connectivity index (χ3n) is 4.56. The smallest absolute Gasteiger partial charge is 0.344 e. The number of hydrogen-bond donors (Lipinski definition) is 1. The number of ether oxygens (including phenoxy) is 1. The van der Waals surface area contributed by atoms with Crippen LogP contribution in [0.3, 0.4) is 0 Å². The number of esters is 1. The van der Waals surface area contributed by atoms with Crippen molar-refractivity contribution < 1.29 is 29.3 Å². The van der Waals surface area contributed by atoms with Crippen molar-refractivity contribution in [2.45, 2.75) is 26.9 Å². The average Bonchev–Trinajstić information content (AvgIpc) is 3.10. The molecule has 0 saturated carbocycles. The number of non-ortho nitro benzene ring substituents is 2. The van der Waals surface area contributed by atoms with Crippen molar-refractivity contribution in [1.29, 1.82) is 0 Å². The number of aliphatic hydroxyl groups excluding tert-OH is 1. The molecule has 1 aliphatic rings. The van der Waals surface area contributed by atoms with Gasteiger partial charge in [-0.25, -0.2) is 9.79 Å². The number of carbonyl (C=O) groups excluding carboxylic acids is 2. The maximum atomic E-state index is 12.8. The fraction of sp³-hybridized carbons (Fsp3) is 0.182. The minimum atomic E-state index is -1.02. The fourth-order valence-electron chi connectivity index (χ4n) is 3.17. The zero-order valence-electron chi connectivity index (χ0n) is 18.2. The van der Waals surface area contributed by atoms with Crippen molar-refractivity contribution in [3.63, 3.8) is 0 Å². The quantitative estimate of drug-likeness (QED) is 0.220. The lowest BCUT2D eigenvalue weighted by Crippen LogP contribution is -2.21. The molecule has 0 atom stereocenters. The van der Waals surface area contributed by atoms with Gasteiger partial charge >= 0.3 is 5.97 Å². The van der Waals surface area contributed by atoms with Gasteiger partial charge in [0.2, 0.25) is 0 Å². The molecule has 1 heterocycles. The van der Waals surface area contributed by atoms with E-state index in [0.29, 0.717) is 11.1 Å². The first-order valence-electron chi connectivity index (χ1n) is 9.86. The van der Waals surface area contributed by atoms with E-state index in [2.05, 4.69) is 9.98 Å². The number of nitro benzene ring substituents is 2. The topological polar surface area (TPSA) is 175 Å². The molecule has 2 aromatic rings. The van der Waals surface area contributed by atoms with Crippen LogP contribution >= 0.6 is 0 Å². The molecule has 0 aliphatic carbocycles. The van der Waals surface area contributed by atoms with Crippen LogP contribution in [0.1, 0.15) is 42.3 Å². The van der Waals surface area contributed by atoms with E-state index in [1.54, 1.807) is 38.1 Å². The molecular formula is C22H18N4O8. The Morgan fingerprint density at radius 2 is 1.59 bits per heavy atom. The summed E-state index contributed by atoms with van der Waals surface area (Å²) in [6.45, 7) is 4.55. The van der Waals surface area contributed by atoms with Crippen LogP contribution in [0.25, 0.3) is 0 Å². The number of aliphatic hydroxyl groups is 1. The van der Waals surface area contributed by atoms with Crippen molar-refractivity contribution in [3.05, 3.63) is 90.7 Å². The second-order valence-corrected chi connectivity index (χ2v) is 7.41. The number of aliphatic imine (C=N–C) groups is 2. The van der Waals surface area contributed by atoms with E-state index in [1.165, 1.54) is 6.92 Å². The van der Waals surface area contributed by atoms with Crippen LogP contribution in [-0.2, 0) is 9.53 Å². The minimum absolute atomic E-state index is 0.0258. The van der Waals surface area contributed by atoms with Crippen LogP contribution < -0.4 is 0 Å². The molecule has 2 aromatic carbocycles. The average molecular weight is 466 g/mol. The van der Waals surface area contributed by atoms with E-state index in [-0.39, 0.29) is 28.4 Å². The highest BCUT2D eigenvalue weighted by molar-refractivity contribution is 6.36. The molecular weight excluding hydrogens is 448 g/mol. The fourth-order valence-corrected chi connectivity index (χ4v) is 3.17. The van der Waals surface area contributed by atoms with Gasteiger partial charge in [-0.05, 0) is 20.8 Å². The Balaban J connectivity index is 2.13. The van der Waals surface area contributed by atoms with Gasteiger partial charge in [0.25, 0.3) is 17.3 Å². The molecule has 1 aliphatic heterocycles. The van der Waals surface area contributed by atoms with Crippen LogP contribution in [0.2, 0.25) is 0 Å². The Labute approximate surface area is 192 Å². The number of carbonyl (C=O) groups is 2. The first-order valence-corrected chi connectivity index (χ1v) is 9.86. The van der Waals surface area contributed by atoms with E-state index in [9.17, 15) is 34.9 Å². The number of rotatable bonds is 6. The first-order chi connectivity index (χ1) is 16.0. The van der Waals surface area contributed by atoms with Crippen molar-refractivity contribution in [1.82, 2.24) is 0 Å². The Kier molecular flexibility index (Phi) is 6.61. The summed E-state index contributed by atoms with van der Waals surface area (Å²) >= 11 is 0. The molecule has 0 saturated heterocycles. The summed E-state index contributed by atoms with van der Waals surface area (Å²) in [5.41, 5.74) is -1.13. The second-order valence-electron chi connectivity index (χ2n) is 7.41. The lowest BCUT2D eigenvalue weighted by atomic mass is 9.99. The molecule has 0 spiro atoms. The van der Waals surface area contributed by atoms with Gasteiger partial charge in [0.1, 0.15) is 11.3 Å². The predicted octanol–water partition coefficient (Wildman–Crippen LogP) is 3.68. The van der Waals surface area contributed by atoms with E-state index < -0.39 is 39.2 Å². The Hall–Kier alpha value is -4.74. The van der Waals surface area contributed by atoms with E-state index in [1.807, 2.05) is 0 Å². The number of allylic oxidation sites excluding steroid dienone is 1. The monoisotopic (exact) mass is 466 g/mol. The molecule has 1 N–H and O–H groups in total. The number of hydrogen-bond acceptors (Lipinski definition) is 8. The van der Waals surface area contributed by atoms with Crippen molar-refractivity contribution in [3.8, 4) is 0 Å². The van der Waals surface area contributed by atoms with Gasteiger partial charge in [0.15, 0.2) is 5.84 Å². The van der Waals surface area contributed by atoms with Crippen LogP contribution in [0.15, 0.2) is 63.8 Å². The largest absolute Gasteiger partial charge is 0.512 e. The minimum Gasteiger partial charge on any atom is -0.512 e. The lowest BCUT2D eigenvalue weighted by molar-refractivity contribution is -0.394. The molecule has 34 heavy (non-hydrogen) atoms. The summed E-state index contributed by atoms with van der Waals surface area (Å²) in [6.07, 6.45) is -0.474. The summed E-state index contributed by atoms with van der Waals surface area (Å²) in [5, 5.41) is 32.4. The molecule has 0 unspecified atom stereocenters. The zero-order chi connectivity index (χ0) is 25.2. The predicted molar refractivity (Wildman–Crippen MR) is 120 cm³/mol. The third-order valence-corrected chi connectivity index (χ3v) is 4.56. The van der Waals surface area contributed by atoms with Gasteiger partial charge in [-0.15, -0.1) is 0 Å². The number of fused-ring (bicyclic) bond motifs is 1. The highest BCUT2D eigenvalue weighted by atomic mass is 16.6. The standard InChI is InChI=1S/C22H18N4O8/c1-11(2)34-22(29)18(12(3)27)19-16-6-4-5-7-17(16)20(23-19)24-21(28)13-8-14(25(30)31)10-15(9-13)26(32)33/h4-11,27H,1-3H3/b18-12-,24-20?. The second kappa shape index (κ2) is 9.40. The van der Waals surface area contributed by atoms with E-state index >= 15 is 0 Å².